The molecule has 106 valence electrons. The van der Waals surface area contributed by atoms with Gasteiger partial charge in [0.2, 0.25) is 0 Å². The van der Waals surface area contributed by atoms with Crippen LogP contribution >= 0.6 is 11.6 Å². The highest BCUT2D eigenvalue weighted by Crippen LogP contribution is 2.31. The van der Waals surface area contributed by atoms with Crippen LogP contribution < -0.4 is 16.2 Å². The first-order valence-corrected chi connectivity index (χ1v) is 6.02. The molecule has 0 aliphatic carbocycles. The highest BCUT2D eigenvalue weighted by Gasteiger charge is 2.14. The van der Waals surface area contributed by atoms with E-state index in [0.717, 1.165) is 0 Å². The molecule has 4 N–H and O–H groups in total. The molecule has 1 amide bonds. The highest BCUT2D eigenvalue weighted by molar-refractivity contribution is 6.33. The van der Waals surface area contributed by atoms with Crippen molar-refractivity contribution in [3.8, 4) is 5.75 Å². The second-order valence-corrected chi connectivity index (χ2v) is 4.10. The molecular formula is C12H17ClN2O4. The number of benzene rings is 1. The van der Waals surface area contributed by atoms with Gasteiger partial charge in [-0.2, -0.15) is 0 Å². The van der Waals surface area contributed by atoms with Crippen LogP contribution in [0, 0.1) is 0 Å². The third kappa shape index (κ3) is 4.94. The molecule has 6 nitrogen and oxygen atoms in total. The second-order valence-electron chi connectivity index (χ2n) is 3.70. The lowest BCUT2D eigenvalue weighted by molar-refractivity contribution is 0.0542. The summed E-state index contributed by atoms with van der Waals surface area (Å²) in [5, 5.41) is 0.241. The number of rotatable bonds is 8. The molecule has 7 heteroatoms. The molecule has 0 aliphatic heterocycles. The van der Waals surface area contributed by atoms with E-state index in [1.165, 1.54) is 12.1 Å². The quantitative estimate of drug-likeness (QED) is 0.551. The van der Waals surface area contributed by atoms with Crippen molar-refractivity contribution in [1.82, 2.24) is 0 Å². The summed E-state index contributed by atoms with van der Waals surface area (Å²) in [4.78, 5) is 11.3. The van der Waals surface area contributed by atoms with Crippen LogP contribution in [0.5, 0.6) is 5.75 Å². The van der Waals surface area contributed by atoms with Crippen LogP contribution in [0.2, 0.25) is 5.02 Å². The zero-order valence-corrected chi connectivity index (χ0v) is 11.4. The Hall–Kier alpha value is -1.50. The zero-order valence-electron chi connectivity index (χ0n) is 10.6. The van der Waals surface area contributed by atoms with Crippen molar-refractivity contribution in [1.29, 1.82) is 0 Å². The highest BCUT2D eigenvalue weighted by atomic mass is 35.5. The van der Waals surface area contributed by atoms with E-state index >= 15 is 0 Å². The van der Waals surface area contributed by atoms with E-state index < -0.39 is 5.91 Å². The third-order valence-corrected chi connectivity index (χ3v) is 2.52. The number of hydrogen-bond acceptors (Lipinski definition) is 5. The number of amides is 1. The van der Waals surface area contributed by atoms with Gasteiger partial charge in [-0.15, -0.1) is 0 Å². The van der Waals surface area contributed by atoms with Crippen LogP contribution in [0.15, 0.2) is 12.1 Å². The molecule has 1 rings (SSSR count). The van der Waals surface area contributed by atoms with Gasteiger partial charge in [0.25, 0.3) is 5.91 Å². The summed E-state index contributed by atoms with van der Waals surface area (Å²) in [5.41, 5.74) is 11.3. The fraction of sp³-hybridized carbons (Fsp3) is 0.417. The maximum absolute atomic E-state index is 11.3. The molecule has 0 aliphatic rings. The SMILES string of the molecule is COCCOCCOc1c(Cl)cc(N)cc1C(N)=O. The van der Waals surface area contributed by atoms with Crippen LogP contribution in [0.1, 0.15) is 10.4 Å². The fourth-order valence-electron chi connectivity index (χ4n) is 1.39. The Kier molecular flexibility index (Phi) is 6.41. The Bertz CT molecular complexity index is 440. The van der Waals surface area contributed by atoms with E-state index in [2.05, 4.69) is 0 Å². The number of carbonyl (C=O) groups excluding carboxylic acids is 1. The molecular weight excluding hydrogens is 272 g/mol. The lowest BCUT2D eigenvalue weighted by Crippen LogP contribution is -2.16. The summed E-state index contributed by atoms with van der Waals surface area (Å²) in [6, 6.07) is 2.92. The molecule has 0 aromatic heterocycles. The van der Waals surface area contributed by atoms with Gasteiger partial charge in [0.15, 0.2) is 5.75 Å². The van der Waals surface area contributed by atoms with Crippen molar-refractivity contribution in [2.45, 2.75) is 0 Å². The van der Waals surface area contributed by atoms with E-state index in [9.17, 15) is 4.79 Å². The number of hydrogen-bond donors (Lipinski definition) is 2. The van der Waals surface area contributed by atoms with Crippen molar-refractivity contribution < 1.29 is 19.0 Å². The Morgan fingerprint density at radius 1 is 1.26 bits per heavy atom. The molecule has 19 heavy (non-hydrogen) atoms. The Labute approximate surface area is 116 Å². The monoisotopic (exact) mass is 288 g/mol. The molecule has 1 aromatic rings. The van der Waals surface area contributed by atoms with Gasteiger partial charge in [-0.05, 0) is 12.1 Å². The van der Waals surface area contributed by atoms with Crippen LogP contribution in [0.3, 0.4) is 0 Å². The maximum Gasteiger partial charge on any atom is 0.252 e. The summed E-state index contributed by atoms with van der Waals surface area (Å²) in [6.45, 7) is 1.57. The van der Waals surface area contributed by atoms with E-state index in [1.807, 2.05) is 0 Å². The fourth-order valence-corrected chi connectivity index (χ4v) is 1.67. The minimum Gasteiger partial charge on any atom is -0.489 e. The lowest BCUT2D eigenvalue weighted by atomic mass is 10.1. The van der Waals surface area contributed by atoms with E-state index in [0.29, 0.717) is 25.5 Å². The molecule has 0 unspecified atom stereocenters. The third-order valence-electron chi connectivity index (χ3n) is 2.24. The lowest BCUT2D eigenvalue weighted by Gasteiger charge is -2.12. The molecule has 0 saturated carbocycles. The van der Waals surface area contributed by atoms with Gasteiger partial charge < -0.3 is 25.7 Å². The standard InChI is InChI=1S/C12H17ClN2O4/c1-17-2-3-18-4-5-19-11-9(12(15)16)6-8(14)7-10(11)13/h6-7H,2-5,14H2,1H3,(H2,15,16). The predicted molar refractivity (Wildman–Crippen MR) is 72.6 cm³/mol. The molecule has 0 spiro atoms. The predicted octanol–water partition coefficient (Wildman–Crippen LogP) is 1.06. The summed E-state index contributed by atoms with van der Waals surface area (Å²) in [5.74, 6) is -0.428. The van der Waals surface area contributed by atoms with Gasteiger partial charge in [0, 0.05) is 12.8 Å². The number of methoxy groups -OCH3 is 1. The first-order valence-electron chi connectivity index (χ1n) is 5.64. The number of halogens is 1. The average molecular weight is 289 g/mol. The molecule has 0 atom stereocenters. The summed E-state index contributed by atoms with van der Waals surface area (Å²) >= 11 is 5.97. The molecule has 0 saturated heterocycles. The van der Waals surface area contributed by atoms with Crippen molar-refractivity contribution in [3.05, 3.63) is 22.7 Å². The van der Waals surface area contributed by atoms with Gasteiger partial charge in [-0.1, -0.05) is 11.6 Å². The number of carbonyl (C=O) groups is 1. The van der Waals surface area contributed by atoms with Crippen LogP contribution in [0.25, 0.3) is 0 Å². The Morgan fingerprint density at radius 3 is 2.58 bits per heavy atom. The Morgan fingerprint density at radius 2 is 1.95 bits per heavy atom. The van der Waals surface area contributed by atoms with E-state index in [4.69, 9.17) is 37.3 Å². The van der Waals surface area contributed by atoms with E-state index in [-0.39, 0.29) is 22.9 Å². The van der Waals surface area contributed by atoms with Gasteiger partial charge in [-0.25, -0.2) is 0 Å². The van der Waals surface area contributed by atoms with Gasteiger partial charge in [-0.3, -0.25) is 4.79 Å². The first-order chi connectivity index (χ1) is 9.06. The van der Waals surface area contributed by atoms with Gasteiger partial charge in [0.1, 0.15) is 6.61 Å². The number of nitrogens with two attached hydrogens (primary N) is 2. The number of primary amides is 1. The minimum absolute atomic E-state index is 0.155. The van der Waals surface area contributed by atoms with E-state index in [1.54, 1.807) is 7.11 Å². The first kappa shape index (κ1) is 15.6. The van der Waals surface area contributed by atoms with Crippen molar-refractivity contribution in [2.75, 3.05) is 39.3 Å². The minimum atomic E-state index is -0.649. The zero-order chi connectivity index (χ0) is 14.3. The normalized spacial score (nSPS) is 10.4. The average Bonchev–Trinajstić information content (AvgIpc) is 2.34. The number of anilines is 1. The van der Waals surface area contributed by atoms with Crippen LogP contribution in [-0.2, 0) is 9.47 Å². The number of ether oxygens (including phenoxy) is 3. The topological polar surface area (TPSA) is 96.8 Å². The van der Waals surface area contributed by atoms with Gasteiger partial charge in [0.05, 0.1) is 30.4 Å². The maximum atomic E-state index is 11.3. The summed E-state index contributed by atoms with van der Waals surface area (Å²) in [7, 11) is 1.59. The van der Waals surface area contributed by atoms with Crippen molar-refractivity contribution in [2.24, 2.45) is 5.73 Å². The largest absolute Gasteiger partial charge is 0.489 e. The van der Waals surface area contributed by atoms with Gasteiger partial charge >= 0.3 is 0 Å². The molecule has 0 heterocycles. The van der Waals surface area contributed by atoms with Crippen molar-refractivity contribution in [3.63, 3.8) is 0 Å². The molecule has 1 aromatic carbocycles. The Balaban J connectivity index is 2.59. The summed E-state index contributed by atoms with van der Waals surface area (Å²) in [6.07, 6.45) is 0. The molecule has 0 radical (unpaired) electrons. The number of nitrogen functional groups attached to an aromatic ring is 1. The second kappa shape index (κ2) is 7.83. The molecule has 0 fully saturated rings. The molecule has 0 bridgehead atoms. The van der Waals surface area contributed by atoms with Crippen LogP contribution in [-0.4, -0.2) is 39.4 Å². The smallest absolute Gasteiger partial charge is 0.252 e. The summed E-state index contributed by atoms with van der Waals surface area (Å²) < 4.78 is 15.5. The van der Waals surface area contributed by atoms with Crippen LogP contribution in [0.4, 0.5) is 5.69 Å². The van der Waals surface area contributed by atoms with Crippen molar-refractivity contribution >= 4 is 23.2 Å².